The van der Waals surface area contributed by atoms with E-state index in [-0.39, 0.29) is 16.7 Å². The number of carboxylic acid groups (broad SMARTS) is 1. The molecule has 0 radical (unpaired) electrons. The number of para-hydroxylation sites is 1. The highest BCUT2D eigenvalue weighted by Gasteiger charge is 2.42. The summed E-state index contributed by atoms with van der Waals surface area (Å²) in [5, 5.41) is 20.2. The van der Waals surface area contributed by atoms with Crippen LogP contribution < -0.4 is 4.74 Å². The third-order valence-corrected chi connectivity index (χ3v) is 8.00. The van der Waals surface area contributed by atoms with Crippen molar-refractivity contribution in [2.24, 2.45) is 0 Å². The first-order valence-electron chi connectivity index (χ1n) is 13.0. The van der Waals surface area contributed by atoms with Crippen molar-refractivity contribution in [2.45, 2.75) is 38.5 Å². The number of benzene rings is 3. The second-order valence-corrected chi connectivity index (χ2v) is 10.6. The number of fused-ring (bicyclic) bond motifs is 3. The molecule has 190 valence electrons. The number of carboxylic acids is 1. The number of aromatic carboxylic acids is 1. The van der Waals surface area contributed by atoms with Gasteiger partial charge in [-0.1, -0.05) is 36.4 Å². The van der Waals surface area contributed by atoms with E-state index < -0.39 is 5.97 Å². The van der Waals surface area contributed by atoms with Gasteiger partial charge in [0.1, 0.15) is 24.3 Å². The number of carbonyl (C=O) groups is 1. The van der Waals surface area contributed by atoms with Crippen molar-refractivity contribution in [1.82, 2.24) is 0 Å². The Kier molecular flexibility index (Phi) is 5.60. The fourth-order valence-electron chi connectivity index (χ4n) is 6.15. The Morgan fingerprint density at radius 1 is 0.974 bits per heavy atom. The van der Waals surface area contributed by atoms with E-state index in [2.05, 4.69) is 61.9 Å². The number of aromatic hydroxyl groups is 1. The van der Waals surface area contributed by atoms with Crippen LogP contribution in [-0.2, 0) is 5.41 Å². The number of phenols is 1. The van der Waals surface area contributed by atoms with Gasteiger partial charge in [-0.2, -0.15) is 4.58 Å². The third kappa shape index (κ3) is 3.69. The molecular weight excluding hydrogens is 474 g/mol. The highest BCUT2D eigenvalue weighted by Crippen LogP contribution is 2.48. The Morgan fingerprint density at radius 2 is 1.74 bits per heavy atom. The second-order valence-electron chi connectivity index (χ2n) is 10.6. The van der Waals surface area contributed by atoms with E-state index in [0.29, 0.717) is 11.3 Å². The van der Waals surface area contributed by atoms with Gasteiger partial charge in [0.2, 0.25) is 5.69 Å². The van der Waals surface area contributed by atoms with Gasteiger partial charge >= 0.3 is 5.97 Å². The quantitative estimate of drug-likeness (QED) is 0.376. The molecule has 0 unspecified atom stereocenters. The van der Waals surface area contributed by atoms with Crippen LogP contribution in [0.3, 0.4) is 0 Å². The molecule has 2 N–H and O–H groups in total. The summed E-state index contributed by atoms with van der Waals surface area (Å²) in [7, 11) is 2.11. The SMILES string of the molecule is C[N+]1=C(C=CC2=C3Oc4cc(O)ccc4C(c4ccccc4C(=O)O)=C3CCC2)C(C)(C)c2ccccc21. The van der Waals surface area contributed by atoms with Crippen LogP contribution in [0.4, 0.5) is 5.69 Å². The number of phenolic OH excluding ortho intramolecular Hbond substituents is 1. The van der Waals surface area contributed by atoms with E-state index in [1.165, 1.54) is 17.0 Å². The first-order valence-corrected chi connectivity index (χ1v) is 13.0. The van der Waals surface area contributed by atoms with Gasteiger partial charge in [0.15, 0.2) is 5.71 Å². The molecule has 0 aromatic heterocycles. The van der Waals surface area contributed by atoms with Gasteiger partial charge in [-0.25, -0.2) is 4.79 Å². The summed E-state index contributed by atoms with van der Waals surface area (Å²) in [6.45, 7) is 4.49. The van der Waals surface area contributed by atoms with Gasteiger partial charge in [0.25, 0.3) is 0 Å². The summed E-state index contributed by atoms with van der Waals surface area (Å²) in [6, 6.07) is 20.7. The van der Waals surface area contributed by atoms with E-state index >= 15 is 0 Å². The Labute approximate surface area is 222 Å². The van der Waals surface area contributed by atoms with Crippen molar-refractivity contribution in [2.75, 3.05) is 7.05 Å². The summed E-state index contributed by atoms with van der Waals surface area (Å²) in [5.41, 5.74) is 8.22. The number of nitrogens with zero attached hydrogens (tertiary/aromatic N) is 1. The maximum atomic E-state index is 12.2. The zero-order valence-corrected chi connectivity index (χ0v) is 21.8. The highest BCUT2D eigenvalue weighted by molar-refractivity contribution is 6.03. The Morgan fingerprint density at radius 3 is 2.53 bits per heavy atom. The van der Waals surface area contributed by atoms with Crippen LogP contribution in [0.5, 0.6) is 11.5 Å². The minimum atomic E-state index is -0.968. The van der Waals surface area contributed by atoms with Gasteiger partial charge in [0, 0.05) is 40.5 Å². The molecule has 2 aliphatic heterocycles. The monoisotopic (exact) mass is 504 g/mol. The van der Waals surface area contributed by atoms with Gasteiger partial charge < -0.3 is 14.9 Å². The Hall–Kier alpha value is -4.38. The maximum absolute atomic E-state index is 12.2. The highest BCUT2D eigenvalue weighted by atomic mass is 16.5. The fourth-order valence-corrected chi connectivity index (χ4v) is 6.15. The number of rotatable bonds is 4. The molecule has 0 saturated carbocycles. The van der Waals surface area contributed by atoms with Crippen LogP contribution in [0.25, 0.3) is 5.57 Å². The molecule has 0 amide bonds. The average molecular weight is 505 g/mol. The third-order valence-electron chi connectivity index (χ3n) is 8.00. The summed E-state index contributed by atoms with van der Waals surface area (Å²) in [5.74, 6) is 0.432. The van der Waals surface area contributed by atoms with E-state index in [4.69, 9.17) is 4.74 Å². The minimum Gasteiger partial charge on any atom is -0.508 e. The number of ether oxygens (including phenoxy) is 1. The van der Waals surface area contributed by atoms with Crippen LogP contribution in [0.15, 0.2) is 95.8 Å². The molecule has 38 heavy (non-hydrogen) atoms. The van der Waals surface area contributed by atoms with Crippen molar-refractivity contribution in [1.29, 1.82) is 0 Å². The first-order chi connectivity index (χ1) is 18.3. The van der Waals surface area contributed by atoms with E-state index in [1.54, 1.807) is 24.3 Å². The van der Waals surface area contributed by atoms with Crippen molar-refractivity contribution in [3.05, 3.63) is 118 Å². The standard InChI is InChI=1S/C33H29NO4/c1-33(2)26-13-6-7-14-27(26)34(3)29(33)18-15-20-9-8-12-25-30(22-10-4-5-11-23(22)32(36)37)24-17-16-21(35)19-28(24)38-31(20)25/h4-7,10-11,13-19H,8-9,12H2,1-3H3,(H,36,37)/p+1. The number of hydrogen-bond donors (Lipinski definition) is 2. The molecule has 3 aromatic carbocycles. The molecule has 5 heteroatoms. The normalized spacial score (nSPS) is 17.9. The van der Waals surface area contributed by atoms with Gasteiger partial charge in [-0.05, 0) is 68.5 Å². The lowest BCUT2D eigenvalue weighted by molar-refractivity contribution is -0.401. The van der Waals surface area contributed by atoms with Crippen LogP contribution in [-0.4, -0.2) is 33.5 Å². The largest absolute Gasteiger partial charge is 0.508 e. The first kappa shape index (κ1) is 24.0. The van der Waals surface area contributed by atoms with Gasteiger partial charge in [-0.3, -0.25) is 0 Å². The molecule has 6 rings (SSSR count). The molecule has 0 fully saturated rings. The van der Waals surface area contributed by atoms with Crippen molar-refractivity contribution < 1.29 is 24.3 Å². The zero-order chi connectivity index (χ0) is 26.6. The Balaban J connectivity index is 1.53. The lowest BCUT2D eigenvalue weighted by Gasteiger charge is -2.31. The molecule has 0 saturated heterocycles. The van der Waals surface area contributed by atoms with Gasteiger partial charge in [-0.15, -0.1) is 0 Å². The molecule has 5 nitrogen and oxygen atoms in total. The molecule has 3 aromatic rings. The topological polar surface area (TPSA) is 69.8 Å². The summed E-state index contributed by atoms with van der Waals surface area (Å²) in [4.78, 5) is 12.2. The minimum absolute atomic E-state index is 0.106. The molecule has 3 aliphatic rings. The lowest BCUT2D eigenvalue weighted by Crippen LogP contribution is -2.26. The van der Waals surface area contributed by atoms with E-state index in [9.17, 15) is 15.0 Å². The smallest absolute Gasteiger partial charge is 0.336 e. The summed E-state index contributed by atoms with van der Waals surface area (Å²) < 4.78 is 8.73. The van der Waals surface area contributed by atoms with Crippen LogP contribution >= 0.6 is 0 Å². The second kappa shape index (κ2) is 8.88. The maximum Gasteiger partial charge on any atom is 0.336 e. The average Bonchev–Trinajstić information content (AvgIpc) is 3.10. The van der Waals surface area contributed by atoms with E-state index in [1.807, 2.05) is 18.2 Å². The molecule has 0 bridgehead atoms. The van der Waals surface area contributed by atoms with Crippen LogP contribution in [0, 0.1) is 0 Å². The predicted octanol–water partition coefficient (Wildman–Crippen LogP) is 6.99. The summed E-state index contributed by atoms with van der Waals surface area (Å²) in [6.07, 6.45) is 6.91. The predicted molar refractivity (Wildman–Crippen MR) is 148 cm³/mol. The van der Waals surface area contributed by atoms with Crippen molar-refractivity contribution >= 4 is 22.9 Å². The van der Waals surface area contributed by atoms with Crippen molar-refractivity contribution in [3.8, 4) is 11.5 Å². The molecular formula is C33H30NO4+. The van der Waals surface area contributed by atoms with Crippen molar-refractivity contribution in [3.63, 3.8) is 0 Å². The Bertz CT molecular complexity index is 1630. The van der Waals surface area contributed by atoms with E-state index in [0.717, 1.165) is 47.3 Å². The fraction of sp³-hybridized carbons (Fsp3) is 0.212. The molecule has 1 aliphatic carbocycles. The van der Waals surface area contributed by atoms with Crippen LogP contribution in [0.2, 0.25) is 0 Å². The molecule has 0 atom stereocenters. The molecule has 2 heterocycles. The number of hydrogen-bond acceptors (Lipinski definition) is 3. The summed E-state index contributed by atoms with van der Waals surface area (Å²) >= 11 is 0. The zero-order valence-electron chi connectivity index (χ0n) is 21.8. The van der Waals surface area contributed by atoms with Gasteiger partial charge in [0.05, 0.1) is 11.0 Å². The lowest BCUT2D eigenvalue weighted by atomic mass is 9.80. The number of allylic oxidation sites excluding steroid dienone is 4. The molecule has 0 spiro atoms. The van der Waals surface area contributed by atoms with Crippen LogP contribution in [0.1, 0.15) is 60.2 Å².